The van der Waals surface area contributed by atoms with E-state index in [-0.39, 0.29) is 12.2 Å². The van der Waals surface area contributed by atoms with Crippen molar-refractivity contribution in [1.29, 1.82) is 0 Å². The van der Waals surface area contributed by atoms with Crippen molar-refractivity contribution in [3.05, 3.63) is 95.1 Å². The second-order valence-corrected chi connectivity index (χ2v) is 15.8. The Bertz CT molecular complexity index is 1550. The summed E-state index contributed by atoms with van der Waals surface area (Å²) in [6.45, 7) is 17.6. The molecule has 1 fully saturated rings. The monoisotopic (exact) mass is 736 g/mol. The van der Waals surface area contributed by atoms with Gasteiger partial charge >= 0.3 is 5.97 Å². The summed E-state index contributed by atoms with van der Waals surface area (Å²) in [6, 6.07) is 23.9. The van der Waals surface area contributed by atoms with Crippen LogP contribution in [0, 0.1) is 6.92 Å². The van der Waals surface area contributed by atoms with Crippen molar-refractivity contribution in [1.82, 2.24) is 10.2 Å². The number of benzene rings is 3. The number of carbonyl (C=O) groups is 2. The summed E-state index contributed by atoms with van der Waals surface area (Å²) >= 11 is 0. The van der Waals surface area contributed by atoms with Crippen molar-refractivity contribution >= 4 is 21.7 Å². The van der Waals surface area contributed by atoms with Crippen LogP contribution >= 0.6 is 0 Å². The molecule has 1 aliphatic heterocycles. The molecule has 0 radical (unpaired) electrons. The second-order valence-electron chi connectivity index (χ2n) is 13.6. The zero-order valence-electron chi connectivity index (χ0n) is 33.6. The van der Waals surface area contributed by atoms with Gasteiger partial charge in [0.15, 0.2) is 0 Å². The molecule has 3 aromatic rings. The summed E-state index contributed by atoms with van der Waals surface area (Å²) in [5, 5.41) is 12.3. The van der Waals surface area contributed by atoms with Gasteiger partial charge in [0.1, 0.15) is 15.9 Å². The van der Waals surface area contributed by atoms with Gasteiger partial charge in [0.25, 0.3) is 5.91 Å². The van der Waals surface area contributed by atoms with E-state index in [1.807, 2.05) is 51.1 Å². The third kappa shape index (κ3) is 16.5. The maximum Gasteiger partial charge on any atom is 0.326 e. The standard InChI is InChI=1S/C35H44N2O5S.C4H10.C3H8.C2H6/c1-4-11-28-15-10-16-29(22-26-13-6-5-7-14-26)37(28)24-27-18-19-31(32(23-27)30-17-9-8-12-25(30)2)34(38)36-33(35(39)40)20-21-43(3,41)42;1-3-4-2;1-3-2;1-2/h5-9,12-14,17-19,23,28-29,33H,4,10-11,15-16,20-22,24H2,1-3H3,(H,36,38)(H,39,40);3-4H2,1-2H3;3H2,1-2H3;1-2H3. The first kappa shape index (κ1) is 46.5. The highest BCUT2D eigenvalue weighted by molar-refractivity contribution is 7.90. The Balaban J connectivity index is 0.00000136. The predicted octanol–water partition coefficient (Wildman–Crippen LogP) is 10.3. The summed E-state index contributed by atoms with van der Waals surface area (Å²) < 4.78 is 23.3. The van der Waals surface area contributed by atoms with Crippen LogP contribution in [-0.4, -0.2) is 60.4 Å². The molecule has 8 heteroatoms. The molecule has 3 unspecified atom stereocenters. The van der Waals surface area contributed by atoms with Crippen LogP contribution in [0.1, 0.15) is 133 Å². The summed E-state index contributed by atoms with van der Waals surface area (Å²) in [6.07, 6.45) is 11.5. The third-order valence-electron chi connectivity index (χ3n) is 8.96. The molecule has 3 aromatic carbocycles. The summed E-state index contributed by atoms with van der Waals surface area (Å²) in [5.74, 6) is -2.12. The van der Waals surface area contributed by atoms with Gasteiger partial charge < -0.3 is 10.4 Å². The molecule has 1 amide bonds. The molecule has 1 heterocycles. The molecule has 1 aliphatic rings. The molecule has 290 valence electrons. The zero-order chi connectivity index (χ0) is 39.1. The Morgan fingerprint density at radius 3 is 1.98 bits per heavy atom. The van der Waals surface area contributed by atoms with Gasteiger partial charge in [-0.15, -0.1) is 0 Å². The highest BCUT2D eigenvalue weighted by Gasteiger charge is 2.31. The fraction of sp³-hybridized carbons (Fsp3) is 0.545. The number of piperidine rings is 1. The van der Waals surface area contributed by atoms with E-state index in [1.165, 1.54) is 37.7 Å². The number of aliphatic carboxylic acids is 1. The van der Waals surface area contributed by atoms with Crippen molar-refractivity contribution in [3.8, 4) is 11.1 Å². The van der Waals surface area contributed by atoms with E-state index in [9.17, 15) is 23.1 Å². The number of nitrogens with one attached hydrogen (secondary N) is 1. The van der Waals surface area contributed by atoms with Crippen LogP contribution in [-0.2, 0) is 27.6 Å². The number of carboxylic acids is 1. The predicted molar refractivity (Wildman–Crippen MR) is 220 cm³/mol. The molecule has 0 bridgehead atoms. The van der Waals surface area contributed by atoms with Gasteiger partial charge in [0.2, 0.25) is 0 Å². The van der Waals surface area contributed by atoms with E-state index in [4.69, 9.17) is 0 Å². The van der Waals surface area contributed by atoms with Crippen LogP contribution in [0.25, 0.3) is 11.1 Å². The third-order valence-corrected chi connectivity index (χ3v) is 9.94. The lowest BCUT2D eigenvalue weighted by Crippen LogP contribution is -2.47. The van der Waals surface area contributed by atoms with E-state index in [0.717, 1.165) is 60.7 Å². The molecular formula is C44H68N2O5S. The Labute approximate surface area is 316 Å². The van der Waals surface area contributed by atoms with Crippen LogP contribution in [0.5, 0.6) is 0 Å². The molecule has 1 saturated heterocycles. The van der Waals surface area contributed by atoms with Crippen molar-refractivity contribution in [2.24, 2.45) is 0 Å². The van der Waals surface area contributed by atoms with Gasteiger partial charge in [-0.3, -0.25) is 9.69 Å². The molecule has 0 saturated carbocycles. The molecule has 2 N–H and O–H groups in total. The van der Waals surface area contributed by atoms with E-state index in [1.54, 1.807) is 6.07 Å². The number of sulfone groups is 1. The zero-order valence-corrected chi connectivity index (χ0v) is 34.4. The molecule has 7 nitrogen and oxygen atoms in total. The largest absolute Gasteiger partial charge is 0.480 e. The number of likely N-dealkylation sites (tertiary alicyclic amines) is 1. The average molecular weight is 737 g/mol. The second kappa shape index (κ2) is 25.5. The number of unbranched alkanes of at least 4 members (excludes halogenated alkanes) is 1. The first-order chi connectivity index (χ1) is 24.9. The number of aryl methyl sites for hydroxylation is 1. The molecule has 52 heavy (non-hydrogen) atoms. The van der Waals surface area contributed by atoms with Gasteiger partial charge in [-0.05, 0) is 79.0 Å². The number of rotatable bonds is 14. The summed E-state index contributed by atoms with van der Waals surface area (Å²) in [5.41, 5.74) is 5.46. The molecule has 3 atom stereocenters. The Kier molecular flexibility index (Phi) is 22.8. The van der Waals surface area contributed by atoms with Crippen LogP contribution in [0.3, 0.4) is 0 Å². The van der Waals surface area contributed by atoms with Crippen LogP contribution in [0.15, 0.2) is 72.8 Å². The summed E-state index contributed by atoms with van der Waals surface area (Å²) in [7, 11) is -3.38. The van der Waals surface area contributed by atoms with E-state index in [2.05, 4.69) is 81.2 Å². The Morgan fingerprint density at radius 2 is 1.42 bits per heavy atom. The highest BCUT2D eigenvalue weighted by Crippen LogP contribution is 2.33. The fourth-order valence-corrected chi connectivity index (χ4v) is 6.91. The van der Waals surface area contributed by atoms with Gasteiger partial charge in [0, 0.05) is 30.4 Å². The van der Waals surface area contributed by atoms with Crippen LogP contribution in [0.4, 0.5) is 0 Å². The van der Waals surface area contributed by atoms with E-state index >= 15 is 0 Å². The Morgan fingerprint density at radius 1 is 0.827 bits per heavy atom. The van der Waals surface area contributed by atoms with E-state index in [0.29, 0.717) is 17.6 Å². The minimum atomic E-state index is -3.38. The minimum Gasteiger partial charge on any atom is -0.480 e. The maximum atomic E-state index is 13.5. The molecule has 0 aromatic heterocycles. The van der Waals surface area contributed by atoms with Crippen LogP contribution in [0.2, 0.25) is 0 Å². The number of carbonyl (C=O) groups excluding carboxylic acids is 1. The number of nitrogens with zero attached hydrogens (tertiary/aromatic N) is 1. The lowest BCUT2D eigenvalue weighted by atomic mass is 9.88. The van der Waals surface area contributed by atoms with Crippen molar-refractivity contribution in [2.75, 3.05) is 12.0 Å². The Hall–Kier alpha value is -3.49. The number of amides is 1. The molecule has 0 spiro atoms. The van der Waals surface area contributed by atoms with Crippen LogP contribution < -0.4 is 5.32 Å². The lowest BCUT2D eigenvalue weighted by molar-refractivity contribution is -0.139. The van der Waals surface area contributed by atoms with Gasteiger partial charge in [-0.1, -0.05) is 141 Å². The van der Waals surface area contributed by atoms with Crippen molar-refractivity contribution in [2.45, 2.75) is 144 Å². The first-order valence-corrected chi connectivity index (χ1v) is 21.6. The summed E-state index contributed by atoms with van der Waals surface area (Å²) in [4.78, 5) is 28.1. The number of hydrogen-bond acceptors (Lipinski definition) is 5. The lowest BCUT2D eigenvalue weighted by Gasteiger charge is -2.43. The quantitative estimate of drug-likeness (QED) is 0.171. The topological polar surface area (TPSA) is 104 Å². The van der Waals surface area contributed by atoms with Gasteiger partial charge in [0.05, 0.1) is 5.75 Å². The highest BCUT2D eigenvalue weighted by atomic mass is 32.2. The first-order valence-electron chi connectivity index (χ1n) is 19.6. The maximum absolute atomic E-state index is 13.5. The fourth-order valence-electron chi connectivity index (χ4n) is 6.25. The van der Waals surface area contributed by atoms with Crippen molar-refractivity contribution < 1.29 is 23.1 Å². The molecule has 4 rings (SSSR count). The normalized spacial score (nSPS) is 16.1. The average Bonchev–Trinajstić information content (AvgIpc) is 3.13. The minimum absolute atomic E-state index is 0.200. The van der Waals surface area contributed by atoms with Gasteiger partial charge in [-0.2, -0.15) is 0 Å². The van der Waals surface area contributed by atoms with Crippen molar-refractivity contribution in [3.63, 3.8) is 0 Å². The smallest absolute Gasteiger partial charge is 0.326 e. The molecular weight excluding hydrogens is 669 g/mol. The molecule has 0 aliphatic carbocycles. The SMILES string of the molecule is CC.CCC.CCCC.CCCC1CCCC(Cc2ccccc2)N1Cc1ccc(C(=O)NC(CCS(C)(=O)=O)C(=O)O)c(-c2ccccc2C)c1. The number of hydrogen-bond donors (Lipinski definition) is 2. The number of carboxylic acid groups (broad SMARTS) is 1. The van der Waals surface area contributed by atoms with E-state index < -0.39 is 27.8 Å². The van der Waals surface area contributed by atoms with Gasteiger partial charge in [-0.25, -0.2) is 13.2 Å².